The molecule has 38 heavy (non-hydrogen) atoms. The lowest BCUT2D eigenvalue weighted by Gasteiger charge is -2.26. The number of sulfonamides is 1. The summed E-state index contributed by atoms with van der Waals surface area (Å²) >= 11 is 7.88. The number of carbonyl (C=O) groups is 1. The van der Waals surface area contributed by atoms with Crippen LogP contribution in [-0.4, -0.2) is 45.2 Å². The van der Waals surface area contributed by atoms with Crippen LogP contribution in [0.5, 0.6) is 5.75 Å². The Labute approximate surface area is 231 Å². The summed E-state index contributed by atoms with van der Waals surface area (Å²) in [7, 11) is -3.05. The van der Waals surface area contributed by atoms with Crippen molar-refractivity contribution in [2.75, 3.05) is 30.3 Å². The quantitative estimate of drug-likeness (QED) is 0.168. The van der Waals surface area contributed by atoms with Crippen LogP contribution in [-0.2, 0) is 20.6 Å². The largest absolute Gasteiger partial charge is 0.495 e. The summed E-state index contributed by atoms with van der Waals surface area (Å²) in [6.45, 7) is 1.30. The third kappa shape index (κ3) is 7.62. The predicted molar refractivity (Wildman–Crippen MR) is 151 cm³/mol. The molecule has 1 amide bonds. The SMILES string of the molecule is COc1ccc(Cl)cc1N(CC(=O)NCCCSCc1ccccc1)S(=O)(=O)c1ccc(C)c([N+](=O)[O-])c1. The normalized spacial score (nSPS) is 11.1. The van der Waals surface area contributed by atoms with Crippen LogP contribution in [0.15, 0.2) is 71.6 Å². The van der Waals surface area contributed by atoms with E-state index in [0.717, 1.165) is 21.9 Å². The maximum absolute atomic E-state index is 13.7. The third-order valence-electron chi connectivity index (χ3n) is 5.56. The predicted octanol–water partition coefficient (Wildman–Crippen LogP) is 5.20. The molecule has 3 rings (SSSR count). The number of nitro groups is 1. The van der Waals surface area contributed by atoms with Crippen LogP contribution in [0.1, 0.15) is 17.5 Å². The van der Waals surface area contributed by atoms with Crippen LogP contribution >= 0.6 is 23.4 Å². The number of methoxy groups -OCH3 is 1. The molecule has 0 aliphatic rings. The number of amides is 1. The van der Waals surface area contributed by atoms with E-state index in [-0.39, 0.29) is 27.0 Å². The highest BCUT2D eigenvalue weighted by Gasteiger charge is 2.31. The number of anilines is 1. The monoisotopic (exact) mass is 577 g/mol. The van der Waals surface area contributed by atoms with Crippen molar-refractivity contribution in [3.05, 3.63) is 93.0 Å². The highest BCUT2D eigenvalue weighted by atomic mass is 35.5. The lowest BCUT2D eigenvalue weighted by molar-refractivity contribution is -0.385. The Morgan fingerprint density at radius 1 is 1.13 bits per heavy atom. The van der Waals surface area contributed by atoms with Gasteiger partial charge in [-0.2, -0.15) is 11.8 Å². The van der Waals surface area contributed by atoms with Gasteiger partial charge in [-0.15, -0.1) is 0 Å². The number of nitrogens with one attached hydrogen (secondary N) is 1. The second-order valence-corrected chi connectivity index (χ2v) is 11.7. The Balaban J connectivity index is 1.77. The highest BCUT2D eigenvalue weighted by molar-refractivity contribution is 7.98. The van der Waals surface area contributed by atoms with E-state index in [1.807, 2.05) is 18.2 Å². The minimum atomic E-state index is -4.42. The summed E-state index contributed by atoms with van der Waals surface area (Å²) in [5, 5.41) is 14.4. The Hall–Kier alpha value is -3.28. The molecular formula is C26H28ClN3O6S2. The molecule has 0 radical (unpaired) electrons. The average Bonchev–Trinajstić information content (AvgIpc) is 2.89. The molecule has 3 aromatic rings. The molecule has 0 aromatic heterocycles. The number of nitro benzene ring substituents is 1. The minimum absolute atomic E-state index is 0.0387. The van der Waals surface area contributed by atoms with E-state index in [4.69, 9.17) is 16.3 Å². The van der Waals surface area contributed by atoms with Crippen LogP contribution in [0.2, 0.25) is 5.02 Å². The zero-order chi connectivity index (χ0) is 27.7. The van der Waals surface area contributed by atoms with Gasteiger partial charge < -0.3 is 10.1 Å². The van der Waals surface area contributed by atoms with Gasteiger partial charge in [0.1, 0.15) is 12.3 Å². The molecule has 3 aromatic carbocycles. The molecule has 202 valence electrons. The van der Waals surface area contributed by atoms with E-state index >= 15 is 0 Å². The van der Waals surface area contributed by atoms with E-state index in [2.05, 4.69) is 17.4 Å². The van der Waals surface area contributed by atoms with Gasteiger partial charge in [0.25, 0.3) is 15.7 Å². The summed E-state index contributed by atoms with van der Waals surface area (Å²) in [5.74, 6) is 1.31. The van der Waals surface area contributed by atoms with Crippen molar-refractivity contribution in [1.82, 2.24) is 5.32 Å². The third-order valence-corrected chi connectivity index (χ3v) is 8.67. The smallest absolute Gasteiger partial charge is 0.273 e. The molecule has 0 saturated carbocycles. The van der Waals surface area contributed by atoms with Crippen molar-refractivity contribution in [2.45, 2.75) is 24.0 Å². The average molecular weight is 578 g/mol. The summed E-state index contributed by atoms with van der Waals surface area (Å²) in [4.78, 5) is 23.3. The lowest BCUT2D eigenvalue weighted by atomic mass is 10.2. The maximum atomic E-state index is 13.7. The van der Waals surface area contributed by atoms with Crippen LogP contribution < -0.4 is 14.4 Å². The van der Waals surface area contributed by atoms with Crippen LogP contribution in [0.25, 0.3) is 0 Å². The molecule has 0 aliphatic heterocycles. The summed E-state index contributed by atoms with van der Waals surface area (Å²) in [6, 6.07) is 18.0. The fourth-order valence-electron chi connectivity index (χ4n) is 3.58. The summed E-state index contributed by atoms with van der Waals surface area (Å²) in [6.07, 6.45) is 0.695. The zero-order valence-electron chi connectivity index (χ0n) is 20.9. The molecule has 9 nitrogen and oxygen atoms in total. The molecule has 0 aliphatic carbocycles. The second kappa shape index (κ2) is 13.5. The molecule has 0 spiro atoms. The van der Waals surface area contributed by atoms with Crippen molar-refractivity contribution >= 4 is 50.7 Å². The van der Waals surface area contributed by atoms with Gasteiger partial charge in [-0.3, -0.25) is 19.2 Å². The first-order valence-corrected chi connectivity index (χ1v) is 14.6. The van der Waals surface area contributed by atoms with Gasteiger partial charge in [-0.1, -0.05) is 48.0 Å². The number of benzene rings is 3. The Morgan fingerprint density at radius 2 is 1.87 bits per heavy atom. The van der Waals surface area contributed by atoms with Crippen molar-refractivity contribution < 1.29 is 22.9 Å². The Morgan fingerprint density at radius 3 is 2.55 bits per heavy atom. The van der Waals surface area contributed by atoms with Crippen LogP contribution in [0, 0.1) is 17.0 Å². The molecule has 12 heteroatoms. The number of rotatable bonds is 13. The number of ether oxygens (including phenoxy) is 1. The highest BCUT2D eigenvalue weighted by Crippen LogP contribution is 2.35. The second-order valence-electron chi connectivity index (χ2n) is 8.27. The van der Waals surface area contributed by atoms with E-state index in [1.54, 1.807) is 11.8 Å². The number of halogens is 1. The summed E-state index contributed by atoms with van der Waals surface area (Å²) in [5.41, 5.74) is 1.22. The van der Waals surface area contributed by atoms with Crippen molar-refractivity contribution in [1.29, 1.82) is 0 Å². The van der Waals surface area contributed by atoms with Crippen LogP contribution in [0.3, 0.4) is 0 Å². The summed E-state index contributed by atoms with van der Waals surface area (Å²) < 4.78 is 33.6. The first-order chi connectivity index (χ1) is 18.1. The minimum Gasteiger partial charge on any atom is -0.495 e. The molecule has 0 unspecified atom stereocenters. The van der Waals surface area contributed by atoms with E-state index in [9.17, 15) is 23.3 Å². The van der Waals surface area contributed by atoms with E-state index in [1.165, 1.54) is 49.9 Å². The van der Waals surface area contributed by atoms with Crippen molar-refractivity contribution in [3.63, 3.8) is 0 Å². The van der Waals surface area contributed by atoms with Crippen LogP contribution in [0.4, 0.5) is 11.4 Å². The molecule has 0 atom stereocenters. The van der Waals surface area contributed by atoms with Gasteiger partial charge >= 0.3 is 0 Å². The van der Waals surface area contributed by atoms with Gasteiger partial charge in [-0.05, 0) is 48.9 Å². The standard InChI is InChI=1S/C26H28ClN3O6S2/c1-19-9-11-22(16-23(19)30(32)33)38(34,35)29(24-15-21(27)10-12-25(24)36-2)17-26(31)28-13-6-14-37-18-20-7-4-3-5-8-20/h3-5,7-12,15-16H,6,13-14,17-18H2,1-2H3,(H,28,31). The molecule has 0 bridgehead atoms. The topological polar surface area (TPSA) is 119 Å². The number of hydrogen-bond acceptors (Lipinski definition) is 7. The number of hydrogen-bond donors (Lipinski definition) is 1. The van der Waals surface area contributed by atoms with Gasteiger partial charge in [0.05, 0.1) is 22.6 Å². The molecule has 0 saturated heterocycles. The number of thioether (sulfide) groups is 1. The van der Waals surface area contributed by atoms with Gasteiger partial charge in [0.2, 0.25) is 5.91 Å². The van der Waals surface area contributed by atoms with Crippen molar-refractivity contribution in [3.8, 4) is 5.75 Å². The van der Waals surface area contributed by atoms with Crippen molar-refractivity contribution in [2.24, 2.45) is 0 Å². The fraction of sp³-hybridized carbons (Fsp3) is 0.269. The van der Waals surface area contributed by atoms with E-state index < -0.39 is 27.4 Å². The number of aryl methyl sites for hydroxylation is 1. The molecule has 1 N–H and O–H groups in total. The van der Waals surface area contributed by atoms with E-state index in [0.29, 0.717) is 18.5 Å². The van der Waals surface area contributed by atoms with Gasteiger partial charge in [0.15, 0.2) is 0 Å². The number of nitrogens with zero attached hydrogens (tertiary/aromatic N) is 2. The Kier molecular flexibility index (Phi) is 10.4. The lowest BCUT2D eigenvalue weighted by Crippen LogP contribution is -2.41. The molecule has 0 fully saturated rings. The first-order valence-electron chi connectivity index (χ1n) is 11.6. The maximum Gasteiger partial charge on any atom is 0.273 e. The van der Waals surface area contributed by atoms with Gasteiger partial charge in [0, 0.05) is 29.0 Å². The first kappa shape index (κ1) is 29.3. The fourth-order valence-corrected chi connectivity index (χ4v) is 6.12. The zero-order valence-corrected chi connectivity index (χ0v) is 23.3. The number of carbonyl (C=O) groups excluding carboxylic acids is 1. The molecule has 0 heterocycles. The Bertz CT molecular complexity index is 1390. The van der Waals surface area contributed by atoms with Gasteiger partial charge in [-0.25, -0.2) is 8.42 Å². The molecular weight excluding hydrogens is 550 g/mol.